The number of rotatable bonds is 9. The van der Waals surface area contributed by atoms with E-state index in [2.05, 4.69) is 6.58 Å². The van der Waals surface area contributed by atoms with Gasteiger partial charge in [-0.05, 0) is 31.6 Å². The summed E-state index contributed by atoms with van der Waals surface area (Å²) in [4.78, 5) is 22.3. The van der Waals surface area contributed by atoms with Crippen molar-refractivity contribution in [2.45, 2.75) is 31.1 Å². The molecule has 0 unspecified atom stereocenters. The number of ketones is 1. The van der Waals surface area contributed by atoms with E-state index in [-0.39, 0.29) is 35.5 Å². The molecule has 0 aromatic heterocycles. The van der Waals surface area contributed by atoms with Crippen LogP contribution in [0.2, 0.25) is 0 Å². The molecule has 0 saturated carbocycles. The van der Waals surface area contributed by atoms with Crippen molar-refractivity contribution < 1.29 is 23.1 Å². The molecule has 6 nitrogen and oxygen atoms in total. The van der Waals surface area contributed by atoms with Gasteiger partial charge in [-0.2, -0.15) is 0 Å². The molecule has 1 rings (SSSR count). The fraction of sp³-hybridized carbons (Fsp3) is 0.294. The minimum absolute atomic E-state index is 0.0594. The summed E-state index contributed by atoms with van der Waals surface area (Å²) in [5.41, 5.74) is 1.08. The van der Waals surface area contributed by atoms with Crippen LogP contribution in [0.25, 0.3) is 0 Å². The minimum Gasteiger partial charge on any atom is -0.481 e. The average molecular weight is 351 g/mol. The molecule has 0 saturated heterocycles. The zero-order chi connectivity index (χ0) is 18.3. The SMILES string of the molecule is C=C(/C=C\N(C)S(=O)(=O)c1ccc(C)cc1)C(=O)CCCC(=O)O. The summed E-state index contributed by atoms with van der Waals surface area (Å²) in [5.74, 6) is -1.28. The van der Waals surface area contributed by atoms with Gasteiger partial charge in [-0.15, -0.1) is 0 Å². The lowest BCUT2D eigenvalue weighted by Crippen LogP contribution is -2.21. The molecule has 1 aromatic carbocycles. The van der Waals surface area contributed by atoms with E-state index < -0.39 is 16.0 Å². The highest BCUT2D eigenvalue weighted by Crippen LogP contribution is 2.16. The quantitative estimate of drug-likeness (QED) is 0.545. The molecule has 0 bridgehead atoms. The van der Waals surface area contributed by atoms with Crippen LogP contribution in [0.3, 0.4) is 0 Å². The molecule has 0 atom stereocenters. The molecule has 0 heterocycles. The summed E-state index contributed by atoms with van der Waals surface area (Å²) in [5, 5.41) is 8.53. The van der Waals surface area contributed by atoms with Gasteiger partial charge in [-0.25, -0.2) is 8.42 Å². The maximum atomic E-state index is 12.4. The molecular weight excluding hydrogens is 330 g/mol. The Morgan fingerprint density at radius 1 is 1.21 bits per heavy atom. The molecule has 0 aliphatic heterocycles. The minimum atomic E-state index is -3.69. The highest BCUT2D eigenvalue weighted by molar-refractivity contribution is 7.89. The zero-order valence-corrected chi connectivity index (χ0v) is 14.5. The third-order valence-electron chi connectivity index (χ3n) is 3.34. The summed E-state index contributed by atoms with van der Waals surface area (Å²) in [6.07, 6.45) is 2.76. The van der Waals surface area contributed by atoms with E-state index in [1.807, 2.05) is 6.92 Å². The third kappa shape index (κ3) is 5.66. The van der Waals surface area contributed by atoms with Crippen LogP contribution in [-0.4, -0.2) is 36.6 Å². The second-order valence-corrected chi connectivity index (χ2v) is 7.34. The number of carbonyl (C=O) groups excluding carboxylic acids is 1. The summed E-state index contributed by atoms with van der Waals surface area (Å²) in [7, 11) is -2.32. The Morgan fingerprint density at radius 3 is 2.33 bits per heavy atom. The maximum absolute atomic E-state index is 12.4. The van der Waals surface area contributed by atoms with Gasteiger partial charge in [0, 0.05) is 31.7 Å². The lowest BCUT2D eigenvalue weighted by atomic mass is 10.1. The van der Waals surface area contributed by atoms with Gasteiger partial charge in [-0.3, -0.25) is 13.9 Å². The summed E-state index contributed by atoms with van der Waals surface area (Å²) in [6, 6.07) is 6.44. The molecule has 0 aliphatic rings. The van der Waals surface area contributed by atoms with E-state index in [1.54, 1.807) is 12.1 Å². The highest BCUT2D eigenvalue weighted by Gasteiger charge is 2.17. The predicted octanol–water partition coefficient (Wildman–Crippen LogP) is 2.51. The summed E-state index contributed by atoms with van der Waals surface area (Å²) >= 11 is 0. The first kappa shape index (κ1) is 19.6. The Labute approximate surface area is 142 Å². The van der Waals surface area contributed by atoms with Gasteiger partial charge in [0.1, 0.15) is 0 Å². The van der Waals surface area contributed by atoms with Crippen LogP contribution in [0.5, 0.6) is 0 Å². The third-order valence-corrected chi connectivity index (χ3v) is 5.08. The molecule has 0 aliphatic carbocycles. The molecule has 24 heavy (non-hydrogen) atoms. The second kappa shape index (κ2) is 8.44. The molecule has 0 radical (unpaired) electrons. The van der Waals surface area contributed by atoms with Gasteiger partial charge in [0.25, 0.3) is 10.0 Å². The van der Waals surface area contributed by atoms with E-state index in [0.717, 1.165) is 9.87 Å². The second-order valence-electron chi connectivity index (χ2n) is 5.35. The maximum Gasteiger partial charge on any atom is 0.303 e. The first-order valence-electron chi connectivity index (χ1n) is 7.31. The van der Waals surface area contributed by atoms with Gasteiger partial charge < -0.3 is 5.11 Å². The largest absolute Gasteiger partial charge is 0.481 e. The molecule has 0 spiro atoms. The van der Waals surface area contributed by atoms with Crippen molar-refractivity contribution in [3.8, 4) is 0 Å². The number of allylic oxidation sites excluding steroid dienone is 2. The van der Waals surface area contributed by atoms with E-state index in [4.69, 9.17) is 5.11 Å². The molecule has 1 N–H and O–H groups in total. The van der Waals surface area contributed by atoms with Crippen molar-refractivity contribution in [3.63, 3.8) is 0 Å². The Morgan fingerprint density at radius 2 is 1.79 bits per heavy atom. The molecular formula is C17H21NO5S. The van der Waals surface area contributed by atoms with E-state index >= 15 is 0 Å². The van der Waals surface area contributed by atoms with Crippen molar-refractivity contribution in [1.82, 2.24) is 4.31 Å². The number of hydrogen-bond donors (Lipinski definition) is 1. The van der Waals surface area contributed by atoms with Crippen LogP contribution in [0.4, 0.5) is 0 Å². The number of aliphatic carboxylic acids is 1. The molecule has 0 amide bonds. The number of aryl methyl sites for hydroxylation is 1. The predicted molar refractivity (Wildman–Crippen MR) is 90.9 cm³/mol. The fourth-order valence-corrected chi connectivity index (χ4v) is 2.84. The van der Waals surface area contributed by atoms with Crippen molar-refractivity contribution in [2.75, 3.05) is 7.05 Å². The molecule has 1 aromatic rings. The number of sulfonamides is 1. The Kier molecular flexibility index (Phi) is 6.91. The van der Waals surface area contributed by atoms with Crippen molar-refractivity contribution in [2.24, 2.45) is 0 Å². The normalized spacial score (nSPS) is 11.4. The summed E-state index contributed by atoms with van der Waals surface area (Å²) < 4.78 is 25.7. The van der Waals surface area contributed by atoms with Crippen molar-refractivity contribution in [1.29, 1.82) is 0 Å². The van der Waals surface area contributed by atoms with Crippen molar-refractivity contribution in [3.05, 3.63) is 54.3 Å². The van der Waals surface area contributed by atoms with E-state index in [9.17, 15) is 18.0 Å². The van der Waals surface area contributed by atoms with Crippen LogP contribution in [0, 0.1) is 6.92 Å². The van der Waals surface area contributed by atoms with Gasteiger partial charge in [0.05, 0.1) is 4.90 Å². The molecule has 130 valence electrons. The molecule has 7 heteroatoms. The van der Waals surface area contributed by atoms with Crippen molar-refractivity contribution >= 4 is 21.8 Å². The average Bonchev–Trinajstić information content (AvgIpc) is 2.52. The lowest BCUT2D eigenvalue weighted by molar-refractivity contribution is -0.137. The van der Waals surface area contributed by atoms with Crippen LogP contribution >= 0.6 is 0 Å². The number of carboxylic acid groups (broad SMARTS) is 1. The van der Waals surface area contributed by atoms with Crippen LogP contribution in [0.15, 0.2) is 53.6 Å². The van der Waals surface area contributed by atoms with Crippen LogP contribution in [0.1, 0.15) is 24.8 Å². The number of carboxylic acids is 1. The standard InChI is InChI=1S/C17H21NO5S/c1-13-7-9-15(10-8-13)24(22,23)18(3)12-11-14(2)16(19)5-4-6-17(20)21/h7-12H,2,4-6H2,1,3H3,(H,20,21)/b12-11-. The Hall–Kier alpha value is -2.41. The number of carbonyl (C=O) groups is 2. The molecule has 0 fully saturated rings. The first-order chi connectivity index (χ1) is 11.1. The van der Waals surface area contributed by atoms with Gasteiger partial charge in [-0.1, -0.05) is 24.3 Å². The van der Waals surface area contributed by atoms with Gasteiger partial charge in [0.2, 0.25) is 0 Å². The van der Waals surface area contributed by atoms with Gasteiger partial charge in [0.15, 0.2) is 5.78 Å². The van der Waals surface area contributed by atoms with Crippen LogP contribution in [-0.2, 0) is 19.6 Å². The van der Waals surface area contributed by atoms with Gasteiger partial charge >= 0.3 is 5.97 Å². The Bertz CT molecular complexity index is 748. The number of hydrogen-bond acceptors (Lipinski definition) is 4. The highest BCUT2D eigenvalue weighted by atomic mass is 32.2. The zero-order valence-electron chi connectivity index (χ0n) is 13.7. The topological polar surface area (TPSA) is 91.8 Å². The van der Waals surface area contributed by atoms with E-state index in [0.29, 0.717) is 0 Å². The lowest BCUT2D eigenvalue weighted by Gasteiger charge is -2.15. The first-order valence-corrected chi connectivity index (χ1v) is 8.75. The number of Topliss-reactive ketones (excluding diaryl/α,β-unsaturated/α-hetero) is 1. The number of nitrogens with zero attached hydrogens (tertiary/aromatic N) is 1. The fourth-order valence-electron chi connectivity index (χ4n) is 1.81. The summed E-state index contributed by atoms with van der Waals surface area (Å²) in [6.45, 7) is 5.45. The van der Waals surface area contributed by atoms with Crippen LogP contribution < -0.4 is 0 Å². The number of benzene rings is 1. The van der Waals surface area contributed by atoms with E-state index in [1.165, 1.54) is 31.5 Å². The Balaban J connectivity index is 2.71. The smallest absolute Gasteiger partial charge is 0.303 e. The monoisotopic (exact) mass is 351 g/mol.